The number of esters is 1. The molecule has 1 atom stereocenters. The van der Waals surface area contributed by atoms with Gasteiger partial charge in [-0.2, -0.15) is 0 Å². The van der Waals surface area contributed by atoms with Gasteiger partial charge in [-0.15, -0.1) is 0 Å². The van der Waals surface area contributed by atoms with Crippen molar-refractivity contribution in [3.63, 3.8) is 0 Å². The average Bonchev–Trinajstić information content (AvgIpc) is 2.52. The maximum absolute atomic E-state index is 12.3. The molecule has 0 aliphatic rings. The first-order valence-corrected chi connectivity index (χ1v) is 8.92. The van der Waals surface area contributed by atoms with Gasteiger partial charge in [0.15, 0.2) is 6.10 Å². The van der Waals surface area contributed by atoms with Crippen LogP contribution in [0.25, 0.3) is 0 Å². The van der Waals surface area contributed by atoms with Gasteiger partial charge in [0.05, 0.1) is 4.47 Å². The highest BCUT2D eigenvalue weighted by molar-refractivity contribution is 9.11. The van der Waals surface area contributed by atoms with E-state index < -0.39 is 12.1 Å². The van der Waals surface area contributed by atoms with Gasteiger partial charge in [0.2, 0.25) is 0 Å². The van der Waals surface area contributed by atoms with E-state index in [1.807, 2.05) is 37.3 Å². The Morgan fingerprint density at radius 3 is 2.52 bits per heavy atom. The molecule has 122 valence electrons. The van der Waals surface area contributed by atoms with Gasteiger partial charge in [-0.1, -0.05) is 35.0 Å². The monoisotopic (exact) mass is 440 g/mol. The third-order valence-electron chi connectivity index (χ3n) is 3.40. The van der Waals surface area contributed by atoms with Crippen molar-refractivity contribution in [2.24, 2.45) is 0 Å². The molecule has 0 saturated heterocycles. The van der Waals surface area contributed by atoms with Crippen molar-refractivity contribution in [3.05, 3.63) is 56.5 Å². The van der Waals surface area contributed by atoms with E-state index in [0.29, 0.717) is 11.5 Å². The Morgan fingerprint density at radius 1 is 1.13 bits per heavy atom. The van der Waals surface area contributed by atoms with Crippen LogP contribution in [-0.2, 0) is 11.2 Å². The molecule has 23 heavy (non-hydrogen) atoms. The summed E-state index contributed by atoms with van der Waals surface area (Å²) in [5, 5.41) is 0. The molecule has 0 N–H and O–H groups in total. The zero-order valence-corrected chi connectivity index (χ0v) is 16.4. The fourth-order valence-corrected chi connectivity index (χ4v) is 3.12. The number of rotatable bonds is 5. The van der Waals surface area contributed by atoms with Crippen LogP contribution in [0.1, 0.15) is 25.0 Å². The lowest BCUT2D eigenvalue weighted by Crippen LogP contribution is -2.28. The maximum Gasteiger partial charge on any atom is 0.352 e. The Bertz CT molecular complexity index is 713. The third kappa shape index (κ3) is 4.82. The Kier molecular flexibility index (Phi) is 6.25. The maximum atomic E-state index is 12.3. The van der Waals surface area contributed by atoms with Crippen molar-refractivity contribution in [3.8, 4) is 11.5 Å². The highest BCUT2D eigenvalue weighted by Gasteiger charge is 2.19. The fourth-order valence-electron chi connectivity index (χ4n) is 1.98. The van der Waals surface area contributed by atoms with Gasteiger partial charge < -0.3 is 9.47 Å². The molecule has 0 radical (unpaired) electrons. The van der Waals surface area contributed by atoms with E-state index in [0.717, 1.165) is 26.5 Å². The van der Waals surface area contributed by atoms with Crippen LogP contribution in [0.5, 0.6) is 11.5 Å². The molecule has 2 aromatic rings. The molecule has 0 amide bonds. The standard InChI is InChI=1S/C18H18Br2O3/c1-4-13-6-5-11(2)17(9-13)23-18(21)12(3)22-16-8-7-14(19)10-15(16)20/h5-10,12H,4H2,1-3H3/t12-/m0/s1. The normalized spacial score (nSPS) is 11.9. The lowest BCUT2D eigenvalue weighted by Gasteiger charge is -2.16. The zero-order valence-electron chi connectivity index (χ0n) is 13.2. The summed E-state index contributed by atoms with van der Waals surface area (Å²) in [6, 6.07) is 11.4. The molecule has 5 heteroatoms. The van der Waals surface area contributed by atoms with E-state index in [9.17, 15) is 4.79 Å². The predicted molar refractivity (Wildman–Crippen MR) is 98.1 cm³/mol. The van der Waals surface area contributed by atoms with Gasteiger partial charge in [-0.05, 0) is 71.6 Å². The minimum Gasteiger partial charge on any atom is -0.478 e. The van der Waals surface area contributed by atoms with Crippen molar-refractivity contribution < 1.29 is 14.3 Å². The van der Waals surface area contributed by atoms with E-state index in [2.05, 4.69) is 38.8 Å². The number of hydrogen-bond donors (Lipinski definition) is 0. The fraction of sp³-hybridized carbons (Fsp3) is 0.278. The Labute approximate surface area is 153 Å². The van der Waals surface area contributed by atoms with E-state index in [1.165, 1.54) is 0 Å². The molecular formula is C18H18Br2O3. The second-order valence-corrected chi connectivity index (χ2v) is 6.98. The Morgan fingerprint density at radius 2 is 1.87 bits per heavy atom. The average molecular weight is 442 g/mol. The second-order valence-electron chi connectivity index (χ2n) is 5.21. The molecule has 0 fully saturated rings. The van der Waals surface area contributed by atoms with Gasteiger partial charge in [0.1, 0.15) is 11.5 Å². The first kappa shape index (κ1) is 18.0. The van der Waals surface area contributed by atoms with Gasteiger partial charge in [-0.25, -0.2) is 4.79 Å². The summed E-state index contributed by atoms with van der Waals surface area (Å²) < 4.78 is 12.9. The van der Waals surface area contributed by atoms with Crippen LogP contribution in [0.4, 0.5) is 0 Å². The van der Waals surface area contributed by atoms with Gasteiger partial charge in [0.25, 0.3) is 0 Å². The van der Waals surface area contributed by atoms with Crippen LogP contribution < -0.4 is 9.47 Å². The smallest absolute Gasteiger partial charge is 0.352 e. The van der Waals surface area contributed by atoms with Crippen molar-refractivity contribution in [2.75, 3.05) is 0 Å². The van der Waals surface area contributed by atoms with Gasteiger partial charge in [0, 0.05) is 4.47 Å². The number of carbonyl (C=O) groups excluding carboxylic acids is 1. The molecule has 0 unspecified atom stereocenters. The largest absolute Gasteiger partial charge is 0.478 e. The van der Waals surface area contributed by atoms with Crippen molar-refractivity contribution in [1.82, 2.24) is 0 Å². The van der Waals surface area contributed by atoms with E-state index in [-0.39, 0.29) is 0 Å². The summed E-state index contributed by atoms with van der Waals surface area (Å²) in [5.74, 6) is 0.757. The minimum absolute atomic E-state index is 0.420. The molecule has 2 rings (SSSR count). The van der Waals surface area contributed by atoms with Crippen LogP contribution in [0.3, 0.4) is 0 Å². The summed E-state index contributed by atoms with van der Waals surface area (Å²) in [5.41, 5.74) is 2.05. The zero-order chi connectivity index (χ0) is 17.0. The summed E-state index contributed by atoms with van der Waals surface area (Å²) in [7, 11) is 0. The van der Waals surface area contributed by atoms with Gasteiger partial charge in [-0.3, -0.25) is 0 Å². The lowest BCUT2D eigenvalue weighted by atomic mass is 10.1. The van der Waals surface area contributed by atoms with Crippen LogP contribution >= 0.6 is 31.9 Å². The highest BCUT2D eigenvalue weighted by Crippen LogP contribution is 2.29. The van der Waals surface area contributed by atoms with Gasteiger partial charge >= 0.3 is 5.97 Å². The number of carbonyl (C=O) groups is 1. The van der Waals surface area contributed by atoms with Crippen LogP contribution in [0.2, 0.25) is 0 Å². The summed E-state index contributed by atoms with van der Waals surface area (Å²) in [4.78, 5) is 12.3. The van der Waals surface area contributed by atoms with Crippen LogP contribution in [0.15, 0.2) is 45.3 Å². The molecular weight excluding hydrogens is 424 g/mol. The predicted octanol–water partition coefficient (Wildman–Crippen LogP) is 5.46. The van der Waals surface area contributed by atoms with E-state index >= 15 is 0 Å². The minimum atomic E-state index is -0.711. The molecule has 0 bridgehead atoms. The lowest BCUT2D eigenvalue weighted by molar-refractivity contribution is -0.141. The molecule has 0 aliphatic carbocycles. The highest BCUT2D eigenvalue weighted by atomic mass is 79.9. The quantitative estimate of drug-likeness (QED) is 0.456. The molecule has 2 aromatic carbocycles. The van der Waals surface area contributed by atoms with Crippen LogP contribution in [-0.4, -0.2) is 12.1 Å². The summed E-state index contributed by atoms with van der Waals surface area (Å²) in [6.45, 7) is 5.65. The summed E-state index contributed by atoms with van der Waals surface area (Å²) in [6.07, 6.45) is 0.181. The second kappa shape index (κ2) is 7.97. The van der Waals surface area contributed by atoms with Crippen molar-refractivity contribution >= 4 is 37.8 Å². The first-order valence-electron chi connectivity index (χ1n) is 7.33. The third-order valence-corrected chi connectivity index (χ3v) is 4.51. The van der Waals surface area contributed by atoms with E-state index in [1.54, 1.807) is 13.0 Å². The SMILES string of the molecule is CCc1ccc(C)c(OC(=O)[C@H](C)Oc2ccc(Br)cc2Br)c1. The molecule has 0 spiro atoms. The first-order chi connectivity index (χ1) is 10.9. The molecule has 0 aliphatic heterocycles. The number of aryl methyl sites for hydroxylation is 2. The molecule has 3 nitrogen and oxygen atoms in total. The summed E-state index contributed by atoms with van der Waals surface area (Å²) >= 11 is 6.79. The number of ether oxygens (including phenoxy) is 2. The van der Waals surface area contributed by atoms with Crippen molar-refractivity contribution in [2.45, 2.75) is 33.3 Å². The molecule has 0 saturated carbocycles. The topological polar surface area (TPSA) is 35.5 Å². The number of benzene rings is 2. The Balaban J connectivity index is 2.08. The van der Waals surface area contributed by atoms with E-state index in [4.69, 9.17) is 9.47 Å². The number of hydrogen-bond acceptors (Lipinski definition) is 3. The molecule has 0 heterocycles. The number of halogens is 2. The molecule has 0 aromatic heterocycles. The van der Waals surface area contributed by atoms with Crippen molar-refractivity contribution in [1.29, 1.82) is 0 Å². The van der Waals surface area contributed by atoms with Crippen LogP contribution in [0, 0.1) is 6.92 Å². The Hall–Kier alpha value is -1.33.